The normalized spacial score (nSPS) is 15.5. The van der Waals surface area contributed by atoms with Crippen molar-refractivity contribution in [2.75, 3.05) is 43.4 Å². The Kier molecular flexibility index (Phi) is 4.56. The van der Waals surface area contributed by atoms with E-state index in [0.717, 1.165) is 6.42 Å². The van der Waals surface area contributed by atoms with Gasteiger partial charge in [0.1, 0.15) is 5.82 Å². The van der Waals surface area contributed by atoms with Crippen LogP contribution in [0.5, 0.6) is 0 Å². The van der Waals surface area contributed by atoms with E-state index in [2.05, 4.69) is 10.3 Å². The molecule has 1 aromatic rings. The van der Waals surface area contributed by atoms with Crippen LogP contribution in [-0.4, -0.2) is 53.9 Å². The summed E-state index contributed by atoms with van der Waals surface area (Å²) in [6.45, 7) is 3.95. The van der Waals surface area contributed by atoms with Crippen LogP contribution >= 0.6 is 0 Å². The molecule has 1 N–H and O–H groups in total. The van der Waals surface area contributed by atoms with Crippen molar-refractivity contribution >= 4 is 23.2 Å². The molecule has 0 saturated carbocycles. The molecule has 2 rings (SSSR count). The third-order valence-electron chi connectivity index (χ3n) is 3.55. The van der Waals surface area contributed by atoms with E-state index in [0.29, 0.717) is 37.8 Å². The number of hydrogen-bond donors (Lipinski definition) is 1. The number of nitro groups is 1. The fourth-order valence-corrected chi connectivity index (χ4v) is 2.40. The monoisotopic (exact) mass is 293 g/mol. The smallest absolute Gasteiger partial charge is 0.311 e. The van der Waals surface area contributed by atoms with Gasteiger partial charge in [-0.25, -0.2) is 4.98 Å². The number of carbonyl (C=O) groups excluding carboxylic acids is 1. The number of nitrogens with zero attached hydrogens (tertiary/aromatic N) is 4. The van der Waals surface area contributed by atoms with Crippen molar-refractivity contribution in [3.63, 3.8) is 0 Å². The van der Waals surface area contributed by atoms with Crippen molar-refractivity contribution in [1.82, 2.24) is 9.88 Å². The predicted molar refractivity (Wildman–Crippen MR) is 79.5 cm³/mol. The van der Waals surface area contributed by atoms with Crippen molar-refractivity contribution in [3.8, 4) is 0 Å². The summed E-state index contributed by atoms with van der Waals surface area (Å²) in [5.41, 5.74) is -0.00900. The Hall–Kier alpha value is -2.38. The lowest BCUT2D eigenvalue weighted by atomic mass is 10.3. The van der Waals surface area contributed by atoms with Crippen LogP contribution in [0.4, 0.5) is 17.3 Å². The lowest BCUT2D eigenvalue weighted by Crippen LogP contribution is -2.34. The standard InChI is InChI=1S/C13H19N5O3/c1-10(19)16-6-3-7-17(9-8-16)13-11(18(20)21)4-5-12(14-2)15-13/h4-5H,3,6-9H2,1-2H3,(H,14,15). The Balaban J connectivity index is 2.27. The first-order valence-corrected chi connectivity index (χ1v) is 6.86. The molecule has 0 unspecified atom stereocenters. The van der Waals surface area contributed by atoms with E-state index in [4.69, 9.17) is 0 Å². The highest BCUT2D eigenvalue weighted by Gasteiger charge is 2.24. The number of pyridine rings is 1. The summed E-state index contributed by atoms with van der Waals surface area (Å²) in [5, 5.41) is 14.1. The van der Waals surface area contributed by atoms with Crippen molar-refractivity contribution in [3.05, 3.63) is 22.2 Å². The summed E-state index contributed by atoms with van der Waals surface area (Å²) in [6.07, 6.45) is 0.766. The summed E-state index contributed by atoms with van der Waals surface area (Å²) in [5.74, 6) is 0.976. The Morgan fingerprint density at radius 2 is 2.10 bits per heavy atom. The Morgan fingerprint density at radius 3 is 2.71 bits per heavy atom. The van der Waals surface area contributed by atoms with Crippen LogP contribution in [0, 0.1) is 10.1 Å². The zero-order chi connectivity index (χ0) is 15.4. The highest BCUT2D eigenvalue weighted by atomic mass is 16.6. The van der Waals surface area contributed by atoms with Crippen LogP contribution in [-0.2, 0) is 4.79 Å². The maximum Gasteiger partial charge on any atom is 0.311 e. The van der Waals surface area contributed by atoms with Gasteiger partial charge in [-0.1, -0.05) is 0 Å². The summed E-state index contributed by atoms with van der Waals surface area (Å²) < 4.78 is 0. The molecular weight excluding hydrogens is 274 g/mol. The van der Waals surface area contributed by atoms with Gasteiger partial charge >= 0.3 is 5.69 Å². The molecule has 0 aliphatic carbocycles. The van der Waals surface area contributed by atoms with Gasteiger partial charge in [0, 0.05) is 46.2 Å². The SMILES string of the molecule is CNc1ccc([N+](=O)[O-])c(N2CCCN(C(C)=O)CC2)n1. The van der Waals surface area contributed by atoms with Crippen molar-refractivity contribution < 1.29 is 9.72 Å². The molecule has 1 fully saturated rings. The minimum absolute atomic E-state index is 0.00900. The Bertz CT molecular complexity index is 549. The second-order valence-electron chi connectivity index (χ2n) is 4.89. The van der Waals surface area contributed by atoms with Crippen LogP contribution in [0.3, 0.4) is 0 Å². The molecule has 0 bridgehead atoms. The maximum absolute atomic E-state index is 11.4. The minimum atomic E-state index is -0.421. The average molecular weight is 293 g/mol. The van der Waals surface area contributed by atoms with Gasteiger partial charge in [-0.05, 0) is 12.5 Å². The number of rotatable bonds is 3. The zero-order valence-electron chi connectivity index (χ0n) is 12.2. The van der Waals surface area contributed by atoms with Gasteiger partial charge in [-0.2, -0.15) is 0 Å². The summed E-state index contributed by atoms with van der Waals surface area (Å²) >= 11 is 0. The van der Waals surface area contributed by atoms with Crippen LogP contribution in [0.25, 0.3) is 0 Å². The first kappa shape index (κ1) is 15.0. The third-order valence-corrected chi connectivity index (χ3v) is 3.55. The fraction of sp³-hybridized carbons (Fsp3) is 0.538. The van der Waals surface area contributed by atoms with Gasteiger partial charge in [0.25, 0.3) is 0 Å². The number of hydrogen-bond acceptors (Lipinski definition) is 6. The molecule has 8 heteroatoms. The Morgan fingerprint density at radius 1 is 1.33 bits per heavy atom. The summed E-state index contributed by atoms with van der Waals surface area (Å²) in [7, 11) is 1.72. The molecule has 1 aromatic heterocycles. The van der Waals surface area contributed by atoms with E-state index in [1.165, 1.54) is 13.0 Å². The van der Waals surface area contributed by atoms with E-state index >= 15 is 0 Å². The molecule has 2 heterocycles. The van der Waals surface area contributed by atoms with Crippen molar-refractivity contribution in [1.29, 1.82) is 0 Å². The lowest BCUT2D eigenvalue weighted by Gasteiger charge is -2.22. The van der Waals surface area contributed by atoms with E-state index in [-0.39, 0.29) is 11.6 Å². The highest BCUT2D eigenvalue weighted by molar-refractivity contribution is 5.73. The van der Waals surface area contributed by atoms with Gasteiger partial charge in [-0.15, -0.1) is 0 Å². The van der Waals surface area contributed by atoms with Crippen LogP contribution < -0.4 is 10.2 Å². The summed E-state index contributed by atoms with van der Waals surface area (Å²) in [6, 6.07) is 3.04. The van der Waals surface area contributed by atoms with Crippen LogP contribution in [0.2, 0.25) is 0 Å². The predicted octanol–water partition coefficient (Wildman–Crippen LogP) is 1.09. The molecule has 0 atom stereocenters. The van der Waals surface area contributed by atoms with E-state index in [1.54, 1.807) is 18.0 Å². The van der Waals surface area contributed by atoms with Crippen molar-refractivity contribution in [2.24, 2.45) is 0 Å². The second-order valence-corrected chi connectivity index (χ2v) is 4.89. The van der Waals surface area contributed by atoms with E-state index in [9.17, 15) is 14.9 Å². The quantitative estimate of drug-likeness (QED) is 0.662. The molecule has 8 nitrogen and oxygen atoms in total. The topological polar surface area (TPSA) is 91.6 Å². The van der Waals surface area contributed by atoms with Gasteiger partial charge < -0.3 is 15.1 Å². The number of nitrogens with one attached hydrogen (secondary N) is 1. The molecule has 0 radical (unpaired) electrons. The maximum atomic E-state index is 11.4. The number of amides is 1. The third kappa shape index (κ3) is 3.39. The van der Waals surface area contributed by atoms with E-state index in [1.807, 2.05) is 4.90 Å². The highest BCUT2D eigenvalue weighted by Crippen LogP contribution is 2.28. The number of anilines is 2. The molecule has 1 amide bonds. The average Bonchev–Trinajstić information content (AvgIpc) is 2.72. The molecule has 1 saturated heterocycles. The first-order valence-electron chi connectivity index (χ1n) is 6.86. The largest absolute Gasteiger partial charge is 0.373 e. The molecule has 1 aliphatic heterocycles. The molecule has 1 aliphatic rings. The van der Waals surface area contributed by atoms with Crippen LogP contribution in [0.15, 0.2) is 12.1 Å². The lowest BCUT2D eigenvalue weighted by molar-refractivity contribution is -0.384. The van der Waals surface area contributed by atoms with E-state index < -0.39 is 4.92 Å². The molecule has 0 aromatic carbocycles. The second kappa shape index (κ2) is 6.38. The summed E-state index contributed by atoms with van der Waals surface area (Å²) in [4.78, 5) is 30.2. The zero-order valence-corrected chi connectivity index (χ0v) is 12.2. The molecule has 114 valence electrons. The molecule has 21 heavy (non-hydrogen) atoms. The van der Waals surface area contributed by atoms with Gasteiger partial charge in [-0.3, -0.25) is 14.9 Å². The fourth-order valence-electron chi connectivity index (χ4n) is 2.40. The minimum Gasteiger partial charge on any atom is -0.373 e. The Labute approximate surface area is 122 Å². The molecular formula is C13H19N5O3. The number of carbonyl (C=O) groups is 1. The van der Waals surface area contributed by atoms with Crippen LogP contribution in [0.1, 0.15) is 13.3 Å². The first-order chi connectivity index (χ1) is 10.0. The molecule has 0 spiro atoms. The number of aromatic nitrogens is 1. The van der Waals surface area contributed by atoms with Gasteiger partial charge in [0.05, 0.1) is 4.92 Å². The van der Waals surface area contributed by atoms with Gasteiger partial charge in [0.2, 0.25) is 11.7 Å². The van der Waals surface area contributed by atoms with Crippen molar-refractivity contribution in [2.45, 2.75) is 13.3 Å². The van der Waals surface area contributed by atoms with Gasteiger partial charge in [0.15, 0.2) is 0 Å².